The Bertz CT molecular complexity index is 990. The molecule has 142 valence electrons. The summed E-state index contributed by atoms with van der Waals surface area (Å²) in [5.41, 5.74) is 9.89. The number of ether oxygens (including phenoxy) is 1. The van der Waals surface area contributed by atoms with Crippen molar-refractivity contribution in [3.63, 3.8) is 0 Å². The molecule has 2 aromatic heterocycles. The van der Waals surface area contributed by atoms with E-state index >= 15 is 0 Å². The number of hydrogen-bond acceptors (Lipinski definition) is 5. The number of aryl methyl sites for hydroxylation is 2. The first kappa shape index (κ1) is 18.8. The van der Waals surface area contributed by atoms with Crippen molar-refractivity contribution in [2.45, 2.75) is 13.8 Å². The highest BCUT2D eigenvalue weighted by Gasteiger charge is 2.19. The van der Waals surface area contributed by atoms with Gasteiger partial charge in [0.05, 0.1) is 26.7 Å². The van der Waals surface area contributed by atoms with Crippen LogP contribution in [0.2, 0.25) is 0 Å². The van der Waals surface area contributed by atoms with Crippen molar-refractivity contribution in [3.05, 3.63) is 47.3 Å². The third-order valence-electron chi connectivity index (χ3n) is 4.46. The molecule has 0 amide bonds. The fraction of sp³-hybridized carbons (Fsp3) is 0.350. The van der Waals surface area contributed by atoms with Crippen LogP contribution in [0.3, 0.4) is 0 Å². The van der Waals surface area contributed by atoms with Crippen molar-refractivity contribution in [2.24, 2.45) is 10.7 Å². The number of nitrogens with zero attached hydrogens (tertiary/aromatic N) is 4. The zero-order valence-electron chi connectivity index (χ0n) is 16.5. The Kier molecular flexibility index (Phi) is 4.89. The number of hydrogen-bond donors (Lipinski definition) is 1. The number of fused-ring (bicyclic) bond motifs is 1. The van der Waals surface area contributed by atoms with E-state index in [-0.39, 0.29) is 5.78 Å². The summed E-state index contributed by atoms with van der Waals surface area (Å²) in [6, 6.07) is 3.96. The molecule has 2 heterocycles. The summed E-state index contributed by atoms with van der Waals surface area (Å²) in [4.78, 5) is 16.8. The van der Waals surface area contributed by atoms with Gasteiger partial charge in [0.25, 0.3) is 5.88 Å². The van der Waals surface area contributed by atoms with E-state index in [9.17, 15) is 4.79 Å². The lowest BCUT2D eigenvalue weighted by atomic mass is 10.1. The Balaban J connectivity index is 2.06. The SMILES string of the molecule is Cc1ccc2c(N=C3C=CC(N)=CC3=O)c(OCC[N+](C)(C)C)nn2c1C. The van der Waals surface area contributed by atoms with E-state index < -0.39 is 0 Å². The minimum atomic E-state index is -0.226. The molecule has 0 saturated heterocycles. The van der Waals surface area contributed by atoms with Crippen LogP contribution in [-0.4, -0.2) is 59.9 Å². The Labute approximate surface area is 159 Å². The van der Waals surface area contributed by atoms with E-state index in [1.165, 1.54) is 6.08 Å². The highest BCUT2D eigenvalue weighted by molar-refractivity contribution is 6.49. The maximum absolute atomic E-state index is 12.2. The molecule has 0 aromatic carbocycles. The van der Waals surface area contributed by atoms with E-state index in [4.69, 9.17) is 10.5 Å². The molecule has 0 bridgehead atoms. The molecule has 2 N–H and O–H groups in total. The molecule has 3 rings (SSSR count). The molecular formula is C20H26N5O2+. The lowest BCUT2D eigenvalue weighted by Crippen LogP contribution is -2.38. The van der Waals surface area contributed by atoms with E-state index in [0.29, 0.717) is 29.6 Å². The van der Waals surface area contributed by atoms with Crippen LogP contribution in [0.4, 0.5) is 5.69 Å². The molecule has 0 saturated carbocycles. The lowest BCUT2D eigenvalue weighted by Gasteiger charge is -2.23. The number of ketones is 1. The summed E-state index contributed by atoms with van der Waals surface area (Å²) in [6.07, 6.45) is 4.66. The van der Waals surface area contributed by atoms with E-state index in [1.54, 1.807) is 12.2 Å². The molecule has 7 heteroatoms. The van der Waals surface area contributed by atoms with Gasteiger partial charge < -0.3 is 15.0 Å². The van der Waals surface area contributed by atoms with Gasteiger partial charge in [-0.25, -0.2) is 9.51 Å². The van der Waals surface area contributed by atoms with Gasteiger partial charge in [-0.15, -0.1) is 5.10 Å². The Morgan fingerprint density at radius 2 is 1.96 bits per heavy atom. The Morgan fingerprint density at radius 1 is 1.22 bits per heavy atom. The highest BCUT2D eigenvalue weighted by atomic mass is 16.5. The molecule has 7 nitrogen and oxygen atoms in total. The Hall–Kier alpha value is -2.93. The van der Waals surface area contributed by atoms with E-state index in [1.807, 2.05) is 30.5 Å². The van der Waals surface area contributed by atoms with Crippen LogP contribution in [0, 0.1) is 13.8 Å². The minimum Gasteiger partial charge on any atom is -0.469 e. The number of aromatic nitrogens is 2. The summed E-state index contributed by atoms with van der Waals surface area (Å²) >= 11 is 0. The van der Waals surface area contributed by atoms with Crippen LogP contribution in [0.15, 0.2) is 41.1 Å². The second-order valence-corrected chi connectivity index (χ2v) is 7.75. The topological polar surface area (TPSA) is 82.0 Å². The third-order valence-corrected chi connectivity index (χ3v) is 4.46. The molecule has 0 fully saturated rings. The number of nitrogens with two attached hydrogens (primary N) is 1. The van der Waals surface area contributed by atoms with Crippen LogP contribution in [-0.2, 0) is 4.79 Å². The standard InChI is InChI=1S/C20H25N5O2/c1-13-6-9-17-19(22-16-8-7-15(21)12-18(16)26)20(23-24(17)14(13)2)27-11-10-25(3,4)5/h6-9,12H,10-11H2,1-5H3,(H-,21,26)/p+1. The number of carbonyl (C=O) groups is 1. The molecule has 2 aromatic rings. The van der Waals surface area contributed by atoms with Gasteiger partial charge in [0.1, 0.15) is 18.9 Å². The van der Waals surface area contributed by atoms with Crippen molar-refractivity contribution < 1.29 is 14.0 Å². The first-order valence-corrected chi connectivity index (χ1v) is 8.86. The van der Waals surface area contributed by atoms with Crippen molar-refractivity contribution in [2.75, 3.05) is 34.3 Å². The van der Waals surface area contributed by atoms with Gasteiger partial charge in [-0.05, 0) is 37.6 Å². The number of aliphatic imine (C=N–C) groups is 1. The lowest BCUT2D eigenvalue weighted by molar-refractivity contribution is -0.870. The average molecular weight is 368 g/mol. The van der Waals surface area contributed by atoms with Gasteiger partial charge in [0.15, 0.2) is 5.69 Å². The summed E-state index contributed by atoms with van der Waals surface area (Å²) in [7, 11) is 6.30. The van der Waals surface area contributed by atoms with Gasteiger partial charge in [-0.2, -0.15) is 0 Å². The van der Waals surface area contributed by atoms with Gasteiger partial charge in [-0.1, -0.05) is 6.07 Å². The molecule has 0 atom stereocenters. The second-order valence-electron chi connectivity index (χ2n) is 7.75. The fourth-order valence-corrected chi connectivity index (χ4v) is 2.66. The fourth-order valence-electron chi connectivity index (χ4n) is 2.66. The van der Waals surface area contributed by atoms with E-state index in [0.717, 1.165) is 27.8 Å². The number of likely N-dealkylation sites (N-methyl/N-ethyl adjacent to an activating group) is 1. The highest BCUT2D eigenvalue weighted by Crippen LogP contribution is 2.33. The number of pyridine rings is 1. The van der Waals surface area contributed by atoms with Crippen LogP contribution < -0.4 is 10.5 Å². The predicted molar refractivity (Wildman–Crippen MR) is 107 cm³/mol. The molecule has 0 radical (unpaired) electrons. The first-order chi connectivity index (χ1) is 12.7. The average Bonchev–Trinajstić information content (AvgIpc) is 2.91. The van der Waals surface area contributed by atoms with Crippen LogP contribution >= 0.6 is 0 Å². The van der Waals surface area contributed by atoms with Crippen LogP contribution in [0.5, 0.6) is 5.88 Å². The summed E-state index contributed by atoms with van der Waals surface area (Å²) in [5, 5.41) is 4.60. The number of allylic oxidation sites excluding steroid dienone is 3. The first-order valence-electron chi connectivity index (χ1n) is 8.86. The van der Waals surface area contributed by atoms with Gasteiger partial charge in [-0.3, -0.25) is 4.79 Å². The van der Waals surface area contributed by atoms with Gasteiger partial charge in [0, 0.05) is 17.5 Å². The van der Waals surface area contributed by atoms with Gasteiger partial charge in [0.2, 0.25) is 5.78 Å². The van der Waals surface area contributed by atoms with Crippen molar-refractivity contribution >= 4 is 22.7 Å². The molecular weight excluding hydrogens is 342 g/mol. The monoisotopic (exact) mass is 368 g/mol. The summed E-state index contributed by atoms with van der Waals surface area (Å²) < 4.78 is 8.56. The molecule has 0 spiro atoms. The molecule has 27 heavy (non-hydrogen) atoms. The molecule has 1 aliphatic rings. The van der Waals surface area contributed by atoms with Crippen LogP contribution in [0.25, 0.3) is 5.52 Å². The normalized spacial score (nSPS) is 16.3. The number of quaternary nitrogens is 1. The summed E-state index contributed by atoms with van der Waals surface area (Å²) in [5.74, 6) is 0.198. The molecule has 0 unspecified atom stereocenters. The van der Waals surface area contributed by atoms with Crippen molar-refractivity contribution in [1.29, 1.82) is 0 Å². The zero-order valence-corrected chi connectivity index (χ0v) is 16.5. The number of carbonyl (C=O) groups excluding carboxylic acids is 1. The largest absolute Gasteiger partial charge is 0.469 e. The quantitative estimate of drug-likeness (QED) is 0.647. The second kappa shape index (κ2) is 7.00. The summed E-state index contributed by atoms with van der Waals surface area (Å²) in [6.45, 7) is 5.34. The minimum absolute atomic E-state index is 0.226. The number of rotatable bonds is 5. The van der Waals surface area contributed by atoms with E-state index in [2.05, 4.69) is 31.2 Å². The molecule has 1 aliphatic carbocycles. The Morgan fingerprint density at radius 3 is 2.63 bits per heavy atom. The molecule has 0 aliphatic heterocycles. The maximum Gasteiger partial charge on any atom is 0.260 e. The maximum atomic E-state index is 12.2. The van der Waals surface area contributed by atoms with Gasteiger partial charge >= 0.3 is 0 Å². The third kappa shape index (κ3) is 4.09. The smallest absolute Gasteiger partial charge is 0.260 e. The van der Waals surface area contributed by atoms with Crippen molar-refractivity contribution in [3.8, 4) is 5.88 Å². The van der Waals surface area contributed by atoms with Crippen LogP contribution in [0.1, 0.15) is 11.3 Å². The zero-order chi connectivity index (χ0) is 19.8. The predicted octanol–water partition coefficient (Wildman–Crippen LogP) is 2.09. The van der Waals surface area contributed by atoms with Crippen molar-refractivity contribution in [1.82, 2.24) is 9.61 Å².